The third kappa shape index (κ3) is 7.85. The van der Waals surface area contributed by atoms with E-state index >= 15 is 0 Å². The lowest BCUT2D eigenvalue weighted by Gasteiger charge is -2.06. The SMILES string of the molecule is CC.CCC.CC[n+]1c(CNC(=O)c2nc(Cl)c(N)nc2N)oc2ccc(C(N)=O)cc21.CN. The Bertz CT molecular complexity index is 1090. The number of halogens is 1. The van der Waals surface area contributed by atoms with Gasteiger partial charge in [-0.15, -0.1) is 0 Å². The van der Waals surface area contributed by atoms with E-state index in [0.717, 1.165) is 0 Å². The van der Waals surface area contributed by atoms with Gasteiger partial charge in [-0.3, -0.25) is 9.59 Å². The smallest absolute Gasteiger partial charge is 0.367 e. The Morgan fingerprint density at radius 1 is 1.09 bits per heavy atom. The summed E-state index contributed by atoms with van der Waals surface area (Å²) in [4.78, 5) is 31.4. The van der Waals surface area contributed by atoms with Crippen LogP contribution < -0.4 is 32.8 Å². The van der Waals surface area contributed by atoms with Crippen molar-refractivity contribution in [3.8, 4) is 0 Å². The van der Waals surface area contributed by atoms with Crippen LogP contribution in [0.2, 0.25) is 5.15 Å². The summed E-state index contributed by atoms with van der Waals surface area (Å²) in [5.74, 6) is -0.839. The first kappa shape index (κ1) is 30.6. The van der Waals surface area contributed by atoms with Crippen LogP contribution in [-0.2, 0) is 13.1 Å². The third-order valence-corrected chi connectivity index (χ3v) is 4.18. The molecule has 0 aliphatic carbocycles. The summed E-state index contributed by atoms with van der Waals surface area (Å²) in [6.07, 6.45) is 1.25. The first-order valence-corrected chi connectivity index (χ1v) is 11.3. The van der Waals surface area contributed by atoms with Gasteiger partial charge in [0.1, 0.15) is 13.1 Å². The first-order chi connectivity index (χ1) is 16.2. The van der Waals surface area contributed by atoms with Gasteiger partial charge >= 0.3 is 5.89 Å². The zero-order chi connectivity index (χ0) is 26.4. The highest BCUT2D eigenvalue weighted by molar-refractivity contribution is 6.31. The van der Waals surface area contributed by atoms with Gasteiger partial charge in [0.05, 0.1) is 0 Å². The van der Waals surface area contributed by atoms with Crippen molar-refractivity contribution in [2.75, 3.05) is 18.5 Å². The molecule has 0 atom stereocenters. The lowest BCUT2D eigenvalue weighted by molar-refractivity contribution is -0.681. The summed E-state index contributed by atoms with van der Waals surface area (Å²) in [5, 5.41) is 2.54. The molecule has 0 radical (unpaired) electrons. The number of benzene rings is 1. The fraction of sp³-hybridized carbons (Fsp3) is 0.409. The standard InChI is InChI=1S/C16H16ClN7O3.C3H8.C2H6.CH5N/c1-2-24-8-5-7(15(20)25)3-4-9(8)27-10(24)6-21-16(26)11-13(18)23-14(19)12(17)22-11;1-3-2;2*1-2/h3-5H,2,6H2,1H3,(H6-,18,19,20,21,23,25,26);3H2,1-2H3;1-2H3;2H2,1H3/p+1. The number of nitrogens with zero attached hydrogens (tertiary/aromatic N) is 3. The minimum absolute atomic E-state index is 0.0520. The molecule has 9 N–H and O–H groups in total. The molecule has 2 aromatic heterocycles. The second-order valence-corrected chi connectivity index (χ2v) is 6.67. The van der Waals surface area contributed by atoms with Gasteiger partial charge in [0, 0.05) is 11.6 Å². The summed E-state index contributed by atoms with van der Waals surface area (Å²) in [7, 11) is 1.50. The van der Waals surface area contributed by atoms with E-state index < -0.39 is 11.8 Å². The first-order valence-electron chi connectivity index (χ1n) is 10.9. The molecule has 0 aliphatic heterocycles. The molecule has 0 saturated heterocycles. The van der Waals surface area contributed by atoms with Crippen molar-refractivity contribution >= 4 is 46.2 Å². The summed E-state index contributed by atoms with van der Waals surface area (Å²) >= 11 is 5.79. The van der Waals surface area contributed by atoms with Crippen LogP contribution in [0.15, 0.2) is 22.6 Å². The highest BCUT2D eigenvalue weighted by atomic mass is 35.5. The fourth-order valence-corrected chi connectivity index (χ4v) is 2.74. The monoisotopic (exact) mass is 495 g/mol. The quantitative estimate of drug-likeness (QED) is 0.332. The highest BCUT2D eigenvalue weighted by Gasteiger charge is 2.24. The molecule has 0 aliphatic rings. The van der Waals surface area contributed by atoms with Crippen LogP contribution in [0.1, 0.15) is 67.8 Å². The van der Waals surface area contributed by atoms with Crippen molar-refractivity contribution in [2.24, 2.45) is 11.5 Å². The Morgan fingerprint density at radius 2 is 1.68 bits per heavy atom. The molecule has 11 nitrogen and oxygen atoms in total. The topological polar surface area (TPSA) is 193 Å². The maximum Gasteiger partial charge on any atom is 0.367 e. The van der Waals surface area contributed by atoms with Crippen molar-refractivity contribution in [2.45, 2.75) is 54.1 Å². The molecule has 0 bridgehead atoms. The zero-order valence-electron chi connectivity index (χ0n) is 20.6. The number of aryl methyl sites for hydroxylation is 1. The van der Waals surface area contributed by atoms with Gasteiger partial charge in [-0.05, 0) is 26.1 Å². The summed E-state index contributed by atoms with van der Waals surface area (Å²) in [6, 6.07) is 4.86. The largest absolute Gasteiger partial charge is 0.400 e. The highest BCUT2D eigenvalue weighted by Crippen LogP contribution is 2.18. The third-order valence-electron chi connectivity index (χ3n) is 3.90. The predicted octanol–water partition coefficient (Wildman–Crippen LogP) is 2.39. The number of carbonyl (C=O) groups is 2. The molecule has 3 aromatic rings. The van der Waals surface area contributed by atoms with Crippen molar-refractivity contribution in [3.63, 3.8) is 0 Å². The summed E-state index contributed by atoms with van der Waals surface area (Å²) in [6.45, 7) is 10.8. The van der Waals surface area contributed by atoms with Crippen LogP contribution in [0.5, 0.6) is 0 Å². The molecule has 0 saturated carbocycles. The average molecular weight is 496 g/mol. The van der Waals surface area contributed by atoms with Crippen LogP contribution in [-0.4, -0.2) is 28.8 Å². The molecule has 188 valence electrons. The predicted molar refractivity (Wildman–Crippen MR) is 135 cm³/mol. The molecule has 1 aromatic carbocycles. The number of amides is 2. The Morgan fingerprint density at radius 3 is 2.21 bits per heavy atom. The summed E-state index contributed by atoms with van der Waals surface area (Å²) < 4.78 is 7.58. The average Bonchev–Trinajstić information content (AvgIpc) is 3.19. The minimum atomic E-state index is -0.581. The van der Waals surface area contributed by atoms with E-state index in [1.54, 1.807) is 18.2 Å². The van der Waals surface area contributed by atoms with E-state index in [1.807, 2.05) is 25.3 Å². The normalized spacial score (nSPS) is 9.53. The van der Waals surface area contributed by atoms with E-state index in [9.17, 15) is 9.59 Å². The van der Waals surface area contributed by atoms with Crippen molar-refractivity contribution in [3.05, 3.63) is 40.5 Å². The molecule has 0 fully saturated rings. The lowest BCUT2D eigenvalue weighted by atomic mass is 10.2. The van der Waals surface area contributed by atoms with E-state index in [2.05, 4.69) is 34.9 Å². The van der Waals surface area contributed by atoms with Crippen molar-refractivity contribution in [1.29, 1.82) is 0 Å². The van der Waals surface area contributed by atoms with Gasteiger partial charge in [-0.25, -0.2) is 9.97 Å². The number of nitrogens with two attached hydrogens (primary N) is 4. The number of rotatable bonds is 5. The number of hydrogen-bond donors (Lipinski definition) is 5. The molecule has 0 spiro atoms. The second kappa shape index (κ2) is 15.4. The van der Waals surface area contributed by atoms with E-state index in [4.69, 9.17) is 33.2 Å². The van der Waals surface area contributed by atoms with E-state index in [-0.39, 0.29) is 29.0 Å². The molecule has 2 amide bonds. The van der Waals surface area contributed by atoms with Crippen LogP contribution in [0.25, 0.3) is 11.1 Å². The van der Waals surface area contributed by atoms with Crippen LogP contribution in [0, 0.1) is 0 Å². The number of primary amides is 1. The van der Waals surface area contributed by atoms with Crippen LogP contribution in [0.4, 0.5) is 11.6 Å². The number of anilines is 2. The number of aromatic nitrogens is 3. The molecule has 12 heteroatoms. The Balaban J connectivity index is 0.00000141. The van der Waals surface area contributed by atoms with Crippen LogP contribution >= 0.6 is 11.6 Å². The molecule has 2 heterocycles. The fourth-order valence-electron chi connectivity index (χ4n) is 2.61. The molecule has 34 heavy (non-hydrogen) atoms. The van der Waals surface area contributed by atoms with Crippen molar-refractivity contribution in [1.82, 2.24) is 15.3 Å². The second-order valence-electron chi connectivity index (χ2n) is 6.31. The van der Waals surface area contributed by atoms with E-state index in [1.165, 1.54) is 13.5 Å². The summed E-state index contributed by atoms with van der Waals surface area (Å²) in [5.41, 5.74) is 22.5. The maximum atomic E-state index is 12.4. The van der Waals surface area contributed by atoms with Gasteiger partial charge in [-0.1, -0.05) is 45.7 Å². The molecular weight excluding hydrogens is 460 g/mol. The molecule has 0 unspecified atom stereocenters. The number of oxazole rings is 1. The maximum absolute atomic E-state index is 12.4. The number of hydrogen-bond acceptors (Lipinski definition) is 8. The number of nitrogens with one attached hydrogen (secondary N) is 1. The number of fused-ring (bicyclic) bond motifs is 1. The number of nitrogen functional groups attached to an aromatic ring is 2. The van der Waals surface area contributed by atoms with Gasteiger partial charge in [-0.2, -0.15) is 4.57 Å². The number of carbonyl (C=O) groups excluding carboxylic acids is 2. The van der Waals surface area contributed by atoms with E-state index in [0.29, 0.717) is 29.1 Å². The zero-order valence-corrected chi connectivity index (χ0v) is 21.4. The van der Waals surface area contributed by atoms with Gasteiger partial charge < -0.3 is 32.7 Å². The lowest BCUT2D eigenvalue weighted by Crippen LogP contribution is -2.38. The molecular formula is C22H36ClN8O3+. The Labute approximate surface area is 204 Å². The molecule has 3 rings (SSSR count). The minimum Gasteiger partial charge on any atom is -0.400 e. The Kier molecular flexibility index (Phi) is 13.8. The van der Waals surface area contributed by atoms with Crippen molar-refractivity contribution < 1.29 is 18.6 Å². The van der Waals surface area contributed by atoms with Crippen LogP contribution in [0.3, 0.4) is 0 Å². The van der Waals surface area contributed by atoms with Gasteiger partial charge in [0.25, 0.3) is 11.4 Å². The van der Waals surface area contributed by atoms with Gasteiger partial charge in [0.2, 0.25) is 11.5 Å². The Hall–Kier alpha value is -3.44. The van der Waals surface area contributed by atoms with Gasteiger partial charge in [0.15, 0.2) is 22.5 Å².